The number of fused-ring (bicyclic) bond motifs is 1. The molecule has 0 unspecified atom stereocenters. The Morgan fingerprint density at radius 1 is 1.13 bits per heavy atom. The van der Waals surface area contributed by atoms with Crippen molar-refractivity contribution in [2.45, 2.75) is 69.7 Å². The molecule has 0 radical (unpaired) electrons. The molecule has 0 saturated carbocycles. The van der Waals surface area contributed by atoms with E-state index in [4.69, 9.17) is 0 Å². The molecule has 10 nitrogen and oxygen atoms in total. The van der Waals surface area contributed by atoms with Crippen molar-refractivity contribution in [2.24, 2.45) is 0 Å². The SMILES string of the molecule is C[C@@H]1CN(c2ncnc3c2C(C)(C)CN3c2cnc(C#N)c(C(F)F)c2)[C@@H](C)CN1C(=O)[C@]1(C)CCS1(=O)=O. The molecule has 1 amide bonds. The Labute approximate surface area is 226 Å². The van der Waals surface area contributed by atoms with Gasteiger partial charge in [0.15, 0.2) is 9.84 Å². The number of amides is 1. The maximum atomic E-state index is 13.6. The number of carbonyl (C=O) groups is 1. The van der Waals surface area contributed by atoms with Gasteiger partial charge in [0.05, 0.1) is 23.2 Å². The highest BCUT2D eigenvalue weighted by atomic mass is 32.2. The fourth-order valence-electron chi connectivity index (χ4n) is 5.86. The maximum absolute atomic E-state index is 13.6. The number of hydrogen-bond donors (Lipinski definition) is 0. The summed E-state index contributed by atoms with van der Waals surface area (Å²) in [7, 11) is -3.45. The van der Waals surface area contributed by atoms with Crippen molar-refractivity contribution in [3.8, 4) is 6.07 Å². The number of halogens is 2. The monoisotopic (exact) mass is 559 g/mol. The molecule has 2 aromatic heterocycles. The largest absolute Gasteiger partial charge is 0.350 e. The molecule has 3 aliphatic rings. The average molecular weight is 560 g/mol. The molecule has 0 aromatic carbocycles. The van der Waals surface area contributed by atoms with Gasteiger partial charge in [0.2, 0.25) is 5.91 Å². The summed E-state index contributed by atoms with van der Waals surface area (Å²) < 4.78 is 50.7. The molecule has 2 fully saturated rings. The Balaban J connectivity index is 1.48. The van der Waals surface area contributed by atoms with Crippen molar-refractivity contribution in [2.75, 3.05) is 35.2 Å². The summed E-state index contributed by atoms with van der Waals surface area (Å²) in [6.07, 6.45) is 0.323. The van der Waals surface area contributed by atoms with E-state index in [-0.39, 0.29) is 29.4 Å². The van der Waals surface area contributed by atoms with E-state index in [0.29, 0.717) is 43.4 Å². The quantitative estimate of drug-likeness (QED) is 0.556. The van der Waals surface area contributed by atoms with Crippen LogP contribution in [0.5, 0.6) is 0 Å². The molecule has 208 valence electrons. The van der Waals surface area contributed by atoms with Gasteiger partial charge >= 0.3 is 0 Å². The van der Waals surface area contributed by atoms with Crippen molar-refractivity contribution in [1.82, 2.24) is 19.9 Å². The van der Waals surface area contributed by atoms with Crippen LogP contribution in [0.3, 0.4) is 0 Å². The Kier molecular flexibility index (Phi) is 6.33. The van der Waals surface area contributed by atoms with Crippen LogP contribution in [0.25, 0.3) is 0 Å². The molecule has 3 aliphatic heterocycles. The van der Waals surface area contributed by atoms with E-state index in [1.54, 1.807) is 11.0 Å². The molecule has 0 N–H and O–H groups in total. The van der Waals surface area contributed by atoms with Gasteiger partial charge in [0.1, 0.15) is 34.5 Å². The van der Waals surface area contributed by atoms with Gasteiger partial charge in [-0.3, -0.25) is 4.79 Å². The van der Waals surface area contributed by atoms with Gasteiger partial charge in [-0.15, -0.1) is 0 Å². The molecule has 3 atom stereocenters. The zero-order valence-electron chi connectivity index (χ0n) is 22.5. The highest BCUT2D eigenvalue weighted by molar-refractivity contribution is 7.95. The number of aromatic nitrogens is 3. The molecule has 5 heterocycles. The summed E-state index contributed by atoms with van der Waals surface area (Å²) in [4.78, 5) is 32.1. The smallest absolute Gasteiger partial charge is 0.266 e. The highest BCUT2D eigenvalue weighted by Gasteiger charge is 2.57. The fourth-order valence-corrected chi connectivity index (χ4v) is 7.39. The number of alkyl halides is 2. The summed E-state index contributed by atoms with van der Waals surface area (Å²) in [5, 5.41) is 9.19. The Bertz CT molecular complexity index is 1490. The summed E-state index contributed by atoms with van der Waals surface area (Å²) in [6.45, 7) is 10.7. The number of carbonyl (C=O) groups excluding carboxylic acids is 1. The first-order valence-electron chi connectivity index (χ1n) is 12.8. The molecule has 2 saturated heterocycles. The Hall–Kier alpha value is -3.40. The molecule has 39 heavy (non-hydrogen) atoms. The number of pyridine rings is 1. The second-order valence-electron chi connectivity index (χ2n) is 11.5. The van der Waals surface area contributed by atoms with Gasteiger partial charge in [0, 0.05) is 42.7 Å². The third kappa shape index (κ3) is 4.11. The lowest BCUT2D eigenvalue weighted by Crippen LogP contribution is -2.66. The Morgan fingerprint density at radius 3 is 2.41 bits per heavy atom. The summed E-state index contributed by atoms with van der Waals surface area (Å²) in [5.74, 6) is 0.946. The van der Waals surface area contributed by atoms with Crippen molar-refractivity contribution >= 4 is 33.1 Å². The molecule has 0 bridgehead atoms. The number of hydrogen-bond acceptors (Lipinski definition) is 9. The second-order valence-corrected chi connectivity index (χ2v) is 14.1. The number of nitriles is 1. The number of piperazine rings is 1. The van der Waals surface area contributed by atoms with E-state index < -0.39 is 32.0 Å². The van der Waals surface area contributed by atoms with Crippen LogP contribution < -0.4 is 9.80 Å². The lowest BCUT2D eigenvalue weighted by molar-refractivity contribution is -0.137. The van der Waals surface area contributed by atoms with Gasteiger partial charge in [-0.25, -0.2) is 32.2 Å². The van der Waals surface area contributed by atoms with E-state index in [0.717, 1.165) is 5.56 Å². The maximum Gasteiger partial charge on any atom is 0.266 e. The molecular formula is C26H31F2N7O3S. The first-order chi connectivity index (χ1) is 18.2. The van der Waals surface area contributed by atoms with Gasteiger partial charge in [-0.1, -0.05) is 13.8 Å². The van der Waals surface area contributed by atoms with E-state index in [1.807, 2.05) is 32.6 Å². The van der Waals surface area contributed by atoms with Crippen LogP contribution in [0.4, 0.5) is 26.1 Å². The lowest BCUT2D eigenvalue weighted by atomic mass is 9.87. The molecule has 2 aromatic rings. The van der Waals surface area contributed by atoms with Gasteiger partial charge < -0.3 is 14.7 Å². The van der Waals surface area contributed by atoms with Gasteiger partial charge in [-0.2, -0.15) is 5.26 Å². The lowest BCUT2D eigenvalue weighted by Gasteiger charge is -2.49. The molecular weight excluding hydrogens is 528 g/mol. The zero-order valence-corrected chi connectivity index (χ0v) is 23.3. The van der Waals surface area contributed by atoms with Crippen LogP contribution in [0.2, 0.25) is 0 Å². The van der Waals surface area contributed by atoms with Crippen LogP contribution >= 0.6 is 0 Å². The minimum Gasteiger partial charge on any atom is -0.350 e. The predicted molar refractivity (Wildman–Crippen MR) is 141 cm³/mol. The van der Waals surface area contributed by atoms with Crippen molar-refractivity contribution in [3.63, 3.8) is 0 Å². The van der Waals surface area contributed by atoms with Crippen LogP contribution in [-0.2, 0) is 20.0 Å². The molecule has 0 spiro atoms. The molecule has 13 heteroatoms. The molecule has 5 rings (SSSR count). The van der Waals surface area contributed by atoms with E-state index in [2.05, 4.69) is 19.9 Å². The van der Waals surface area contributed by atoms with Gasteiger partial charge in [-0.05, 0) is 33.3 Å². The van der Waals surface area contributed by atoms with E-state index in [9.17, 15) is 27.3 Å². The van der Waals surface area contributed by atoms with Gasteiger partial charge in [0.25, 0.3) is 6.43 Å². The first-order valence-corrected chi connectivity index (χ1v) is 14.5. The fraction of sp³-hybridized carbons (Fsp3) is 0.577. The molecule has 0 aliphatic carbocycles. The number of sulfone groups is 1. The van der Waals surface area contributed by atoms with Crippen LogP contribution in [0.1, 0.15) is 64.3 Å². The third-order valence-corrected chi connectivity index (χ3v) is 10.8. The zero-order chi connectivity index (χ0) is 28.5. The standard InChI is InChI=1S/C26H31F2N7O3S/c1-15-12-34(24(36)26(5)6-7-39(26,37)38)16(2)11-33(15)22-20-23(32-14-31-22)35(13-25(20,3)4)17-8-18(21(27)28)19(9-29)30-10-17/h8,10,14-16,21H,6-7,11-13H2,1-5H3/t15-,16+,26-/m0/s1. The summed E-state index contributed by atoms with van der Waals surface area (Å²) >= 11 is 0. The van der Waals surface area contributed by atoms with Crippen LogP contribution in [0, 0.1) is 11.3 Å². The summed E-state index contributed by atoms with van der Waals surface area (Å²) in [6, 6.07) is 2.58. The predicted octanol–water partition coefficient (Wildman–Crippen LogP) is 3.11. The Morgan fingerprint density at radius 2 is 1.82 bits per heavy atom. The van der Waals surface area contributed by atoms with Crippen LogP contribution in [0.15, 0.2) is 18.6 Å². The topological polar surface area (TPSA) is 123 Å². The number of anilines is 3. The number of nitrogens with zero attached hydrogens (tertiary/aromatic N) is 7. The van der Waals surface area contributed by atoms with Crippen molar-refractivity contribution < 1.29 is 22.0 Å². The van der Waals surface area contributed by atoms with E-state index >= 15 is 0 Å². The first kappa shape index (κ1) is 27.2. The van der Waals surface area contributed by atoms with Crippen molar-refractivity contribution in [1.29, 1.82) is 5.26 Å². The highest BCUT2D eigenvalue weighted by Crippen LogP contribution is 2.48. The second kappa shape index (κ2) is 9.08. The summed E-state index contributed by atoms with van der Waals surface area (Å²) in [5.41, 5.74) is 0.0530. The average Bonchev–Trinajstić information content (AvgIpc) is 3.18. The minimum absolute atomic E-state index is 0.0331. The minimum atomic E-state index is -3.45. The van der Waals surface area contributed by atoms with Crippen molar-refractivity contribution in [3.05, 3.63) is 35.4 Å². The normalized spacial score (nSPS) is 27.2. The third-order valence-electron chi connectivity index (χ3n) is 8.35. The van der Waals surface area contributed by atoms with E-state index in [1.165, 1.54) is 25.5 Å². The number of rotatable bonds is 4. The van der Waals surface area contributed by atoms with Crippen LogP contribution in [-0.4, -0.2) is 76.4 Å².